The van der Waals surface area contributed by atoms with Gasteiger partial charge in [0, 0.05) is 33.1 Å². The van der Waals surface area contributed by atoms with Crippen LogP contribution in [0.25, 0.3) is 0 Å². The zero-order chi connectivity index (χ0) is 18.2. The van der Waals surface area contributed by atoms with Crippen LogP contribution in [0.2, 0.25) is 0 Å². The summed E-state index contributed by atoms with van der Waals surface area (Å²) in [5, 5.41) is 6.04. The predicted octanol–water partition coefficient (Wildman–Crippen LogP) is 3.07. The molecule has 0 atom stereocenters. The minimum atomic E-state index is -0.183. The molecule has 26 heavy (non-hydrogen) atoms. The lowest BCUT2D eigenvalue weighted by Gasteiger charge is -2.34. The molecule has 146 valence electrons. The van der Waals surface area contributed by atoms with Crippen molar-refractivity contribution in [3.63, 3.8) is 0 Å². The summed E-state index contributed by atoms with van der Waals surface area (Å²) in [6, 6.07) is 5.13. The first-order valence-electron chi connectivity index (χ1n) is 9.02. The molecular formula is C19H30FIN4O. The normalized spacial score (nSPS) is 15.4. The molecule has 0 unspecified atom stereocenters. The maximum absolute atomic E-state index is 13.4. The Morgan fingerprint density at radius 3 is 2.62 bits per heavy atom. The second kappa shape index (κ2) is 11.4. The van der Waals surface area contributed by atoms with E-state index in [1.165, 1.54) is 6.07 Å². The monoisotopic (exact) mass is 476 g/mol. The van der Waals surface area contributed by atoms with Crippen LogP contribution in [0.15, 0.2) is 23.2 Å². The lowest BCUT2D eigenvalue weighted by molar-refractivity contribution is -0.121. The SMILES string of the molecule is CCNC(=NCc1ccc(F)c(C)c1)N1CCC(CC(=O)NC)CC1.I. The minimum Gasteiger partial charge on any atom is -0.359 e. The van der Waals surface area contributed by atoms with Gasteiger partial charge in [0.15, 0.2) is 5.96 Å². The fourth-order valence-corrected chi connectivity index (χ4v) is 3.11. The molecule has 1 aromatic rings. The Hall–Kier alpha value is -1.38. The van der Waals surface area contributed by atoms with Crippen molar-refractivity contribution < 1.29 is 9.18 Å². The second-order valence-electron chi connectivity index (χ2n) is 6.56. The molecule has 7 heteroatoms. The van der Waals surface area contributed by atoms with Crippen LogP contribution in [0.3, 0.4) is 0 Å². The number of piperidine rings is 1. The number of carbonyl (C=O) groups excluding carboxylic acids is 1. The fourth-order valence-electron chi connectivity index (χ4n) is 3.11. The molecule has 1 aliphatic rings. The van der Waals surface area contributed by atoms with Gasteiger partial charge >= 0.3 is 0 Å². The van der Waals surface area contributed by atoms with Crippen LogP contribution in [-0.2, 0) is 11.3 Å². The largest absolute Gasteiger partial charge is 0.359 e. The van der Waals surface area contributed by atoms with Gasteiger partial charge in [-0.2, -0.15) is 0 Å². The number of benzene rings is 1. The lowest BCUT2D eigenvalue weighted by atomic mass is 9.93. The Kier molecular flexibility index (Phi) is 9.90. The van der Waals surface area contributed by atoms with Crippen molar-refractivity contribution in [2.45, 2.75) is 39.7 Å². The van der Waals surface area contributed by atoms with E-state index in [-0.39, 0.29) is 35.7 Å². The number of hydrogen-bond acceptors (Lipinski definition) is 2. The van der Waals surface area contributed by atoms with E-state index in [2.05, 4.69) is 22.5 Å². The average molecular weight is 476 g/mol. The highest BCUT2D eigenvalue weighted by molar-refractivity contribution is 14.0. The molecule has 0 aliphatic carbocycles. The van der Waals surface area contributed by atoms with Gasteiger partial charge in [0.05, 0.1) is 6.54 Å². The van der Waals surface area contributed by atoms with E-state index < -0.39 is 0 Å². The van der Waals surface area contributed by atoms with Crippen LogP contribution in [-0.4, -0.2) is 43.4 Å². The quantitative estimate of drug-likeness (QED) is 0.390. The second-order valence-corrected chi connectivity index (χ2v) is 6.56. The molecule has 2 rings (SSSR count). The first kappa shape index (κ1) is 22.7. The van der Waals surface area contributed by atoms with Crippen LogP contribution in [0, 0.1) is 18.7 Å². The van der Waals surface area contributed by atoms with Gasteiger partial charge in [-0.3, -0.25) is 4.79 Å². The number of hydrogen-bond donors (Lipinski definition) is 2. The number of aliphatic imine (C=N–C) groups is 1. The van der Waals surface area contributed by atoms with Crippen molar-refractivity contribution in [2.24, 2.45) is 10.9 Å². The molecule has 1 heterocycles. The third kappa shape index (κ3) is 6.74. The Balaban J connectivity index is 0.00000338. The van der Waals surface area contributed by atoms with Crippen LogP contribution in [0.5, 0.6) is 0 Å². The van der Waals surface area contributed by atoms with Crippen LogP contribution in [0.1, 0.15) is 37.3 Å². The molecule has 0 aromatic heterocycles. The topological polar surface area (TPSA) is 56.7 Å². The first-order chi connectivity index (χ1) is 12.0. The molecule has 1 aliphatic heterocycles. The number of guanidine groups is 1. The molecule has 0 radical (unpaired) electrons. The van der Waals surface area contributed by atoms with Crippen molar-refractivity contribution in [2.75, 3.05) is 26.7 Å². The zero-order valence-electron chi connectivity index (χ0n) is 15.8. The molecule has 0 spiro atoms. The molecule has 1 aromatic carbocycles. The Morgan fingerprint density at radius 2 is 2.04 bits per heavy atom. The summed E-state index contributed by atoms with van der Waals surface area (Å²) < 4.78 is 13.4. The summed E-state index contributed by atoms with van der Waals surface area (Å²) in [4.78, 5) is 18.5. The van der Waals surface area contributed by atoms with E-state index in [9.17, 15) is 9.18 Å². The van der Waals surface area contributed by atoms with E-state index in [1.807, 2.05) is 6.07 Å². The highest BCUT2D eigenvalue weighted by Crippen LogP contribution is 2.20. The molecular weight excluding hydrogens is 446 g/mol. The van der Waals surface area contributed by atoms with E-state index in [0.29, 0.717) is 24.4 Å². The molecule has 0 bridgehead atoms. The van der Waals surface area contributed by atoms with E-state index >= 15 is 0 Å². The number of aryl methyl sites for hydroxylation is 1. The molecule has 1 saturated heterocycles. The molecule has 0 saturated carbocycles. The van der Waals surface area contributed by atoms with Gasteiger partial charge in [-0.25, -0.2) is 9.38 Å². The van der Waals surface area contributed by atoms with Crippen molar-refractivity contribution in [3.8, 4) is 0 Å². The fraction of sp³-hybridized carbons (Fsp3) is 0.579. The van der Waals surface area contributed by atoms with Gasteiger partial charge in [0.1, 0.15) is 5.82 Å². The number of halogens is 2. The zero-order valence-corrected chi connectivity index (χ0v) is 18.2. The summed E-state index contributed by atoms with van der Waals surface area (Å²) >= 11 is 0. The van der Waals surface area contributed by atoms with E-state index in [4.69, 9.17) is 4.99 Å². The summed E-state index contributed by atoms with van der Waals surface area (Å²) in [5.74, 6) is 1.27. The van der Waals surface area contributed by atoms with Gasteiger partial charge in [0.25, 0.3) is 0 Å². The maximum Gasteiger partial charge on any atom is 0.220 e. The maximum atomic E-state index is 13.4. The van der Waals surface area contributed by atoms with Gasteiger partial charge in [-0.1, -0.05) is 12.1 Å². The van der Waals surface area contributed by atoms with E-state index in [0.717, 1.165) is 44.0 Å². The summed E-state index contributed by atoms with van der Waals surface area (Å²) in [7, 11) is 1.69. The minimum absolute atomic E-state index is 0. The number of nitrogens with zero attached hydrogens (tertiary/aromatic N) is 2. The van der Waals surface area contributed by atoms with Gasteiger partial charge < -0.3 is 15.5 Å². The number of amides is 1. The molecule has 5 nitrogen and oxygen atoms in total. The average Bonchev–Trinajstić information content (AvgIpc) is 2.62. The van der Waals surface area contributed by atoms with Crippen LogP contribution < -0.4 is 10.6 Å². The van der Waals surface area contributed by atoms with Crippen LogP contribution in [0.4, 0.5) is 4.39 Å². The summed E-state index contributed by atoms with van der Waals surface area (Å²) in [5.41, 5.74) is 1.65. The van der Waals surface area contributed by atoms with Gasteiger partial charge in [-0.15, -0.1) is 24.0 Å². The van der Waals surface area contributed by atoms with E-state index in [1.54, 1.807) is 20.0 Å². The highest BCUT2D eigenvalue weighted by atomic mass is 127. The smallest absolute Gasteiger partial charge is 0.220 e. The third-order valence-corrected chi connectivity index (χ3v) is 4.64. The molecule has 1 amide bonds. The Labute approximate surface area is 172 Å². The lowest BCUT2D eigenvalue weighted by Crippen LogP contribution is -2.46. The summed E-state index contributed by atoms with van der Waals surface area (Å²) in [6.45, 7) is 6.95. The standard InChI is InChI=1S/C19H29FN4O.HI/c1-4-22-19(23-13-16-5-6-17(20)14(2)11-16)24-9-7-15(8-10-24)12-18(25)21-3;/h5-6,11,15H,4,7-10,12-13H2,1-3H3,(H,21,25)(H,22,23);1H. The van der Waals surface area contributed by atoms with Crippen molar-refractivity contribution in [1.82, 2.24) is 15.5 Å². The number of rotatable bonds is 5. The Bertz CT molecular complexity index is 616. The molecule has 2 N–H and O–H groups in total. The first-order valence-corrected chi connectivity index (χ1v) is 9.02. The predicted molar refractivity (Wildman–Crippen MR) is 114 cm³/mol. The summed E-state index contributed by atoms with van der Waals surface area (Å²) in [6.07, 6.45) is 2.59. The van der Waals surface area contributed by atoms with Gasteiger partial charge in [0.2, 0.25) is 5.91 Å². The Morgan fingerprint density at radius 1 is 1.35 bits per heavy atom. The number of likely N-dealkylation sites (tertiary alicyclic amines) is 1. The van der Waals surface area contributed by atoms with Crippen molar-refractivity contribution in [3.05, 3.63) is 35.1 Å². The number of nitrogens with one attached hydrogen (secondary N) is 2. The molecule has 1 fully saturated rings. The van der Waals surface area contributed by atoms with Gasteiger partial charge in [-0.05, 0) is 49.8 Å². The van der Waals surface area contributed by atoms with Crippen molar-refractivity contribution >= 4 is 35.8 Å². The van der Waals surface area contributed by atoms with Crippen LogP contribution >= 0.6 is 24.0 Å². The third-order valence-electron chi connectivity index (χ3n) is 4.64. The van der Waals surface area contributed by atoms with Crippen molar-refractivity contribution in [1.29, 1.82) is 0 Å². The number of carbonyl (C=O) groups is 1. The highest BCUT2D eigenvalue weighted by Gasteiger charge is 2.23.